The smallest absolute Gasteiger partial charge is 0.260 e. The first-order valence-electron chi connectivity index (χ1n) is 8.92. The number of aromatic amines is 1. The number of thiophene rings is 1. The van der Waals surface area contributed by atoms with Crippen LogP contribution in [0.25, 0.3) is 33.5 Å². The SMILES string of the molecule is O=c1[nH]c(C=Cc2ccc3c(c2)OCCO3)nc2scc(-c3ccccc3)c12. The molecule has 1 aliphatic rings. The summed E-state index contributed by atoms with van der Waals surface area (Å²) in [6, 6.07) is 15.6. The van der Waals surface area contributed by atoms with Crippen LogP contribution in [0.5, 0.6) is 11.5 Å². The van der Waals surface area contributed by atoms with Crippen LogP contribution in [0.4, 0.5) is 0 Å². The first kappa shape index (κ1) is 16.8. The lowest BCUT2D eigenvalue weighted by molar-refractivity contribution is 0.171. The Bertz CT molecular complexity index is 1240. The quantitative estimate of drug-likeness (QED) is 0.557. The highest BCUT2D eigenvalue weighted by Crippen LogP contribution is 2.32. The molecule has 0 aliphatic carbocycles. The van der Waals surface area contributed by atoms with Gasteiger partial charge in [-0.2, -0.15) is 0 Å². The fraction of sp³-hybridized carbons (Fsp3) is 0.0909. The van der Waals surface area contributed by atoms with Crippen molar-refractivity contribution in [1.29, 1.82) is 0 Å². The van der Waals surface area contributed by atoms with Crippen LogP contribution >= 0.6 is 11.3 Å². The number of benzene rings is 2. The highest BCUT2D eigenvalue weighted by molar-refractivity contribution is 7.17. The molecule has 1 N–H and O–H groups in total. The van der Waals surface area contributed by atoms with E-state index in [-0.39, 0.29) is 5.56 Å². The van der Waals surface area contributed by atoms with Crippen molar-refractivity contribution in [1.82, 2.24) is 9.97 Å². The van der Waals surface area contributed by atoms with E-state index in [4.69, 9.17) is 9.47 Å². The third-order valence-corrected chi connectivity index (χ3v) is 5.42. The lowest BCUT2D eigenvalue weighted by Crippen LogP contribution is -2.15. The molecular formula is C22H16N2O3S. The van der Waals surface area contributed by atoms with Gasteiger partial charge >= 0.3 is 0 Å². The van der Waals surface area contributed by atoms with Crippen molar-refractivity contribution in [3.8, 4) is 22.6 Å². The minimum Gasteiger partial charge on any atom is -0.486 e. The van der Waals surface area contributed by atoms with Crippen molar-refractivity contribution in [3.05, 3.63) is 75.7 Å². The molecule has 0 unspecified atom stereocenters. The Labute approximate surface area is 164 Å². The van der Waals surface area contributed by atoms with Crippen LogP contribution < -0.4 is 15.0 Å². The minimum atomic E-state index is -0.132. The lowest BCUT2D eigenvalue weighted by atomic mass is 10.1. The molecule has 5 nitrogen and oxygen atoms in total. The Morgan fingerprint density at radius 1 is 1.00 bits per heavy atom. The van der Waals surface area contributed by atoms with Crippen molar-refractivity contribution in [2.75, 3.05) is 13.2 Å². The predicted octanol–water partition coefficient (Wildman–Crippen LogP) is 4.59. The molecule has 0 bridgehead atoms. The molecule has 0 fully saturated rings. The fourth-order valence-corrected chi connectivity index (χ4v) is 4.17. The summed E-state index contributed by atoms with van der Waals surface area (Å²) in [5.41, 5.74) is 2.74. The van der Waals surface area contributed by atoms with E-state index in [1.807, 2.05) is 60.0 Å². The van der Waals surface area contributed by atoms with E-state index in [1.165, 1.54) is 11.3 Å². The van der Waals surface area contributed by atoms with Crippen LogP contribution in [0.2, 0.25) is 0 Å². The summed E-state index contributed by atoms with van der Waals surface area (Å²) in [6.45, 7) is 1.12. The normalized spacial score (nSPS) is 13.3. The van der Waals surface area contributed by atoms with Crippen molar-refractivity contribution >= 4 is 33.7 Å². The van der Waals surface area contributed by atoms with Crippen molar-refractivity contribution in [2.24, 2.45) is 0 Å². The largest absolute Gasteiger partial charge is 0.486 e. The van der Waals surface area contributed by atoms with Gasteiger partial charge in [-0.25, -0.2) is 4.98 Å². The molecule has 2 aromatic carbocycles. The number of ether oxygens (including phenoxy) is 2. The van der Waals surface area contributed by atoms with E-state index in [2.05, 4.69) is 9.97 Å². The highest BCUT2D eigenvalue weighted by Gasteiger charge is 2.13. The molecular weight excluding hydrogens is 372 g/mol. The first-order valence-corrected chi connectivity index (χ1v) is 9.80. The molecule has 0 saturated carbocycles. The topological polar surface area (TPSA) is 64.2 Å². The van der Waals surface area contributed by atoms with Crippen LogP contribution in [0.3, 0.4) is 0 Å². The van der Waals surface area contributed by atoms with Gasteiger partial charge in [0.05, 0.1) is 5.39 Å². The zero-order valence-electron chi connectivity index (χ0n) is 14.8. The molecule has 6 heteroatoms. The fourth-order valence-electron chi connectivity index (χ4n) is 3.21. The van der Waals surface area contributed by atoms with Crippen LogP contribution in [0.1, 0.15) is 11.4 Å². The predicted molar refractivity (Wildman–Crippen MR) is 112 cm³/mol. The molecule has 2 aromatic heterocycles. The molecule has 0 radical (unpaired) electrons. The summed E-state index contributed by atoms with van der Waals surface area (Å²) in [7, 11) is 0. The summed E-state index contributed by atoms with van der Waals surface area (Å²) in [5.74, 6) is 2.01. The molecule has 0 atom stereocenters. The second-order valence-corrected chi connectivity index (χ2v) is 7.24. The zero-order valence-corrected chi connectivity index (χ0v) is 15.7. The number of nitrogens with one attached hydrogen (secondary N) is 1. The molecule has 5 rings (SSSR count). The van der Waals surface area contributed by atoms with Gasteiger partial charge in [0, 0.05) is 10.9 Å². The van der Waals surface area contributed by atoms with Crippen LogP contribution in [-0.4, -0.2) is 23.2 Å². The molecule has 4 aromatic rings. The number of nitrogens with zero attached hydrogens (tertiary/aromatic N) is 1. The number of hydrogen-bond donors (Lipinski definition) is 1. The summed E-state index contributed by atoms with van der Waals surface area (Å²) in [4.78, 5) is 20.9. The van der Waals surface area contributed by atoms with Gasteiger partial charge in [0.1, 0.15) is 23.9 Å². The Hall–Kier alpha value is -3.38. The van der Waals surface area contributed by atoms with Gasteiger partial charge in [0.15, 0.2) is 11.5 Å². The maximum absolute atomic E-state index is 12.7. The summed E-state index contributed by atoms with van der Waals surface area (Å²) < 4.78 is 11.1. The number of H-pyrrole nitrogens is 1. The second kappa shape index (κ2) is 6.98. The van der Waals surface area contributed by atoms with Crippen LogP contribution in [0.15, 0.2) is 58.7 Å². The molecule has 0 amide bonds. The second-order valence-electron chi connectivity index (χ2n) is 6.38. The minimum absolute atomic E-state index is 0.132. The van der Waals surface area contributed by atoms with E-state index in [0.717, 1.165) is 33.0 Å². The Balaban J connectivity index is 1.49. The van der Waals surface area contributed by atoms with E-state index in [9.17, 15) is 4.79 Å². The maximum Gasteiger partial charge on any atom is 0.260 e. The molecule has 1 aliphatic heterocycles. The van der Waals surface area contributed by atoms with Gasteiger partial charge < -0.3 is 14.5 Å². The van der Waals surface area contributed by atoms with Gasteiger partial charge in [0.25, 0.3) is 5.56 Å². The first-order chi connectivity index (χ1) is 13.8. The van der Waals surface area contributed by atoms with E-state index < -0.39 is 0 Å². The van der Waals surface area contributed by atoms with Gasteiger partial charge in [-0.1, -0.05) is 42.5 Å². The van der Waals surface area contributed by atoms with E-state index >= 15 is 0 Å². The van der Waals surface area contributed by atoms with Gasteiger partial charge in [-0.3, -0.25) is 4.79 Å². The lowest BCUT2D eigenvalue weighted by Gasteiger charge is -2.18. The van der Waals surface area contributed by atoms with Crippen molar-refractivity contribution < 1.29 is 9.47 Å². The Morgan fingerprint density at radius 3 is 2.68 bits per heavy atom. The third-order valence-electron chi connectivity index (χ3n) is 4.55. The van der Waals surface area contributed by atoms with Crippen molar-refractivity contribution in [2.45, 2.75) is 0 Å². The van der Waals surface area contributed by atoms with Gasteiger partial charge in [0.2, 0.25) is 0 Å². The molecule has 0 spiro atoms. The summed E-state index contributed by atoms with van der Waals surface area (Å²) in [6.07, 6.45) is 3.70. The van der Waals surface area contributed by atoms with E-state index in [0.29, 0.717) is 24.4 Å². The van der Waals surface area contributed by atoms with E-state index in [1.54, 1.807) is 6.08 Å². The maximum atomic E-state index is 12.7. The molecule has 28 heavy (non-hydrogen) atoms. The highest BCUT2D eigenvalue weighted by atomic mass is 32.1. The summed E-state index contributed by atoms with van der Waals surface area (Å²) in [5, 5.41) is 2.61. The van der Waals surface area contributed by atoms with Gasteiger partial charge in [-0.15, -0.1) is 11.3 Å². The Morgan fingerprint density at radius 2 is 1.82 bits per heavy atom. The van der Waals surface area contributed by atoms with Crippen LogP contribution in [-0.2, 0) is 0 Å². The standard InChI is InChI=1S/C22H16N2O3S/c25-21-20-16(15-4-2-1-3-5-15)13-28-22(20)24-19(23-21)9-7-14-6-8-17-18(12-14)27-11-10-26-17/h1-9,12-13H,10-11H2,(H,23,24,25). The average Bonchev–Trinajstić information content (AvgIpc) is 3.17. The molecule has 0 saturated heterocycles. The summed E-state index contributed by atoms with van der Waals surface area (Å²) >= 11 is 1.48. The van der Waals surface area contributed by atoms with Crippen LogP contribution in [0, 0.1) is 0 Å². The number of hydrogen-bond acceptors (Lipinski definition) is 5. The monoisotopic (exact) mass is 388 g/mol. The average molecular weight is 388 g/mol. The zero-order chi connectivity index (χ0) is 18.9. The van der Waals surface area contributed by atoms with Gasteiger partial charge in [-0.05, 0) is 29.3 Å². The number of rotatable bonds is 3. The Kier molecular flexibility index (Phi) is 4.18. The number of aromatic nitrogens is 2. The van der Waals surface area contributed by atoms with Crippen molar-refractivity contribution in [3.63, 3.8) is 0 Å². The molecule has 138 valence electrons. The number of fused-ring (bicyclic) bond motifs is 2. The third kappa shape index (κ3) is 3.08. The molecule has 3 heterocycles.